The lowest BCUT2D eigenvalue weighted by atomic mass is 10.3. The minimum atomic E-state index is -0.800. The Morgan fingerprint density at radius 1 is 1.33 bits per heavy atom. The molecule has 2 N–H and O–H groups in total. The Labute approximate surface area is 89.6 Å². The van der Waals surface area contributed by atoms with Crippen molar-refractivity contribution in [2.45, 2.75) is 32.0 Å². The van der Waals surface area contributed by atoms with E-state index in [0.717, 1.165) is 6.42 Å². The molecular formula is C10H19NO4. The second-order valence-electron chi connectivity index (χ2n) is 3.80. The second kappa shape index (κ2) is 6.05. The zero-order valence-corrected chi connectivity index (χ0v) is 9.06. The molecular weight excluding hydrogens is 198 g/mol. The summed E-state index contributed by atoms with van der Waals surface area (Å²) in [6.45, 7) is 3.55. The van der Waals surface area contributed by atoms with Gasteiger partial charge in [0.05, 0.1) is 25.2 Å². The number of aliphatic hydroxyl groups excluding tert-OH is 2. The lowest BCUT2D eigenvalue weighted by Gasteiger charge is -2.14. The van der Waals surface area contributed by atoms with Crippen LogP contribution in [0.3, 0.4) is 0 Å². The molecule has 88 valence electrons. The van der Waals surface area contributed by atoms with Gasteiger partial charge in [-0.2, -0.15) is 0 Å². The summed E-state index contributed by atoms with van der Waals surface area (Å²) in [7, 11) is 0. The monoisotopic (exact) mass is 217 g/mol. The average Bonchev–Trinajstić information content (AvgIpc) is 2.54. The van der Waals surface area contributed by atoms with Gasteiger partial charge in [-0.15, -0.1) is 0 Å². The maximum Gasteiger partial charge on any atom is 0.225 e. The van der Waals surface area contributed by atoms with E-state index in [0.29, 0.717) is 19.6 Å². The third-order valence-electron chi connectivity index (χ3n) is 2.42. The lowest BCUT2D eigenvalue weighted by molar-refractivity contribution is -0.131. The molecule has 0 aromatic heterocycles. The number of amides is 1. The minimum absolute atomic E-state index is 0.0679. The van der Waals surface area contributed by atoms with Gasteiger partial charge in [0.25, 0.3) is 0 Å². The molecule has 0 aromatic carbocycles. The zero-order valence-electron chi connectivity index (χ0n) is 9.06. The van der Waals surface area contributed by atoms with Gasteiger partial charge in [0.2, 0.25) is 5.91 Å². The highest BCUT2D eigenvalue weighted by Gasteiger charge is 2.31. The van der Waals surface area contributed by atoms with E-state index in [-0.39, 0.29) is 19.0 Å². The number of carbonyl (C=O) groups excluding carboxylic acids is 1. The summed E-state index contributed by atoms with van der Waals surface area (Å²) in [6.07, 6.45) is -0.342. The van der Waals surface area contributed by atoms with Gasteiger partial charge in [-0.05, 0) is 6.42 Å². The Balaban J connectivity index is 2.18. The van der Waals surface area contributed by atoms with Crippen molar-refractivity contribution in [1.82, 2.24) is 4.90 Å². The van der Waals surface area contributed by atoms with E-state index in [2.05, 4.69) is 0 Å². The molecule has 1 saturated heterocycles. The van der Waals surface area contributed by atoms with Crippen LogP contribution in [0.5, 0.6) is 0 Å². The van der Waals surface area contributed by atoms with Crippen LogP contribution in [-0.2, 0) is 9.53 Å². The van der Waals surface area contributed by atoms with Crippen LogP contribution in [0, 0.1) is 0 Å². The molecule has 5 nitrogen and oxygen atoms in total. The zero-order chi connectivity index (χ0) is 11.3. The highest BCUT2D eigenvalue weighted by Crippen LogP contribution is 2.11. The van der Waals surface area contributed by atoms with Crippen molar-refractivity contribution >= 4 is 5.91 Å². The molecule has 1 aliphatic heterocycles. The SMILES string of the molecule is CCCOCCC(=O)N1C[C@@H](O)[C@@H](O)C1. The molecule has 1 aliphatic rings. The molecule has 0 radical (unpaired) electrons. The highest BCUT2D eigenvalue weighted by atomic mass is 16.5. The number of likely N-dealkylation sites (tertiary alicyclic amines) is 1. The third kappa shape index (κ3) is 3.77. The fraction of sp³-hybridized carbons (Fsp3) is 0.900. The Morgan fingerprint density at radius 3 is 2.47 bits per heavy atom. The van der Waals surface area contributed by atoms with E-state index in [1.807, 2.05) is 6.92 Å². The van der Waals surface area contributed by atoms with Gasteiger partial charge in [-0.25, -0.2) is 0 Å². The van der Waals surface area contributed by atoms with Crippen LogP contribution in [0.2, 0.25) is 0 Å². The van der Waals surface area contributed by atoms with E-state index in [1.54, 1.807) is 0 Å². The molecule has 0 bridgehead atoms. The van der Waals surface area contributed by atoms with Crippen molar-refractivity contribution in [1.29, 1.82) is 0 Å². The molecule has 1 fully saturated rings. The number of nitrogens with zero attached hydrogens (tertiary/aromatic N) is 1. The van der Waals surface area contributed by atoms with Crippen LogP contribution in [0.4, 0.5) is 0 Å². The van der Waals surface area contributed by atoms with Gasteiger partial charge in [0.15, 0.2) is 0 Å². The molecule has 0 aromatic rings. The first-order chi connectivity index (χ1) is 7.15. The molecule has 1 rings (SSSR count). The number of ether oxygens (including phenoxy) is 1. The first kappa shape index (κ1) is 12.4. The fourth-order valence-corrected chi connectivity index (χ4v) is 1.54. The van der Waals surface area contributed by atoms with Gasteiger partial charge in [-0.3, -0.25) is 4.79 Å². The Kier molecular flexibility index (Phi) is 5.01. The molecule has 0 saturated carbocycles. The van der Waals surface area contributed by atoms with E-state index >= 15 is 0 Å². The van der Waals surface area contributed by atoms with Gasteiger partial charge >= 0.3 is 0 Å². The molecule has 15 heavy (non-hydrogen) atoms. The average molecular weight is 217 g/mol. The normalized spacial score (nSPS) is 25.9. The van der Waals surface area contributed by atoms with Crippen LogP contribution < -0.4 is 0 Å². The molecule has 0 unspecified atom stereocenters. The summed E-state index contributed by atoms with van der Waals surface area (Å²) in [5.41, 5.74) is 0. The van der Waals surface area contributed by atoms with E-state index in [9.17, 15) is 15.0 Å². The molecule has 0 spiro atoms. The molecule has 0 aliphatic carbocycles. The Morgan fingerprint density at radius 2 is 1.93 bits per heavy atom. The third-order valence-corrected chi connectivity index (χ3v) is 2.42. The van der Waals surface area contributed by atoms with Crippen LogP contribution in [0.25, 0.3) is 0 Å². The van der Waals surface area contributed by atoms with Crippen LogP contribution in [0.15, 0.2) is 0 Å². The topological polar surface area (TPSA) is 70.0 Å². The summed E-state index contributed by atoms with van der Waals surface area (Å²) in [5.74, 6) is -0.0679. The van der Waals surface area contributed by atoms with Gasteiger partial charge in [0, 0.05) is 19.7 Å². The van der Waals surface area contributed by atoms with Crippen molar-refractivity contribution in [3.8, 4) is 0 Å². The number of aliphatic hydroxyl groups is 2. The summed E-state index contributed by atoms with van der Waals surface area (Å²) < 4.78 is 5.19. The standard InChI is InChI=1S/C10H19NO4/c1-2-4-15-5-3-10(14)11-6-8(12)9(13)7-11/h8-9,12-13H,2-7H2,1H3/t8-,9+. The van der Waals surface area contributed by atoms with Crippen molar-refractivity contribution < 1.29 is 19.7 Å². The summed E-state index contributed by atoms with van der Waals surface area (Å²) in [5, 5.41) is 18.5. The minimum Gasteiger partial charge on any atom is -0.388 e. The Hall–Kier alpha value is -0.650. The number of hydrogen-bond acceptors (Lipinski definition) is 4. The fourth-order valence-electron chi connectivity index (χ4n) is 1.54. The molecule has 1 heterocycles. The van der Waals surface area contributed by atoms with Crippen molar-refractivity contribution in [2.75, 3.05) is 26.3 Å². The predicted octanol–water partition coefficient (Wildman–Crippen LogP) is -0.633. The van der Waals surface area contributed by atoms with E-state index < -0.39 is 12.2 Å². The summed E-state index contributed by atoms with van der Waals surface area (Å²) in [4.78, 5) is 13.0. The first-order valence-corrected chi connectivity index (χ1v) is 5.36. The van der Waals surface area contributed by atoms with Gasteiger partial charge in [-0.1, -0.05) is 6.92 Å². The van der Waals surface area contributed by atoms with E-state index in [4.69, 9.17) is 4.74 Å². The summed E-state index contributed by atoms with van der Waals surface area (Å²) in [6, 6.07) is 0. The van der Waals surface area contributed by atoms with Gasteiger partial charge in [0.1, 0.15) is 0 Å². The lowest BCUT2D eigenvalue weighted by Crippen LogP contribution is -2.30. The van der Waals surface area contributed by atoms with E-state index in [1.165, 1.54) is 4.90 Å². The molecule has 5 heteroatoms. The summed E-state index contributed by atoms with van der Waals surface area (Å²) >= 11 is 0. The maximum absolute atomic E-state index is 11.5. The van der Waals surface area contributed by atoms with Gasteiger partial charge < -0.3 is 19.8 Å². The number of carbonyl (C=O) groups is 1. The van der Waals surface area contributed by atoms with Crippen molar-refractivity contribution in [3.05, 3.63) is 0 Å². The van der Waals surface area contributed by atoms with Crippen LogP contribution in [0.1, 0.15) is 19.8 Å². The van der Waals surface area contributed by atoms with Crippen LogP contribution in [-0.4, -0.2) is 59.5 Å². The van der Waals surface area contributed by atoms with Crippen molar-refractivity contribution in [2.24, 2.45) is 0 Å². The largest absolute Gasteiger partial charge is 0.388 e. The Bertz CT molecular complexity index is 200. The smallest absolute Gasteiger partial charge is 0.225 e. The first-order valence-electron chi connectivity index (χ1n) is 5.36. The second-order valence-corrected chi connectivity index (χ2v) is 3.80. The highest BCUT2D eigenvalue weighted by molar-refractivity contribution is 5.76. The quantitative estimate of drug-likeness (QED) is 0.601. The number of rotatable bonds is 5. The molecule has 2 atom stereocenters. The number of β-amino-alcohol motifs (C(OH)–C–C–N with tert-alkyl or cyclic N) is 2. The predicted molar refractivity (Wildman–Crippen MR) is 54.3 cm³/mol. The number of hydrogen-bond donors (Lipinski definition) is 2. The molecule has 1 amide bonds. The maximum atomic E-state index is 11.5. The van der Waals surface area contributed by atoms with Crippen LogP contribution >= 0.6 is 0 Å². The van der Waals surface area contributed by atoms with Crippen molar-refractivity contribution in [3.63, 3.8) is 0 Å².